The van der Waals surface area contributed by atoms with Crippen LogP contribution >= 0.6 is 27.3 Å². The van der Waals surface area contributed by atoms with Gasteiger partial charge in [0.25, 0.3) is 0 Å². The monoisotopic (exact) mass is 366 g/mol. The zero-order chi connectivity index (χ0) is 15.2. The minimum absolute atomic E-state index is 0.0305. The number of carbonyl (C=O) groups is 1. The van der Waals surface area contributed by atoms with Crippen molar-refractivity contribution >= 4 is 33.2 Å². The lowest BCUT2D eigenvalue weighted by atomic mass is 10.1. The third-order valence-corrected chi connectivity index (χ3v) is 4.75. The van der Waals surface area contributed by atoms with Gasteiger partial charge >= 0.3 is 0 Å². The Morgan fingerprint density at radius 1 is 1.29 bits per heavy atom. The Bertz CT molecular complexity index is 585. The molecular weight excluding hydrogens is 348 g/mol. The van der Waals surface area contributed by atoms with Crippen molar-refractivity contribution in [1.29, 1.82) is 0 Å². The number of rotatable bonds is 6. The highest BCUT2D eigenvalue weighted by atomic mass is 79.9. The third-order valence-electron chi connectivity index (χ3n) is 3.15. The largest absolute Gasteiger partial charge is 0.348 e. The van der Waals surface area contributed by atoms with Crippen molar-refractivity contribution in [1.82, 2.24) is 10.2 Å². The molecule has 2 aromatic rings. The normalized spacial score (nSPS) is 12.4. The van der Waals surface area contributed by atoms with Gasteiger partial charge in [-0.05, 0) is 47.6 Å². The number of likely N-dealkylation sites (N-methyl/N-ethyl adjacent to an activating group) is 1. The van der Waals surface area contributed by atoms with Gasteiger partial charge in [0.2, 0.25) is 5.91 Å². The molecule has 0 radical (unpaired) electrons. The van der Waals surface area contributed by atoms with Crippen LogP contribution in [0.1, 0.15) is 23.4 Å². The molecule has 0 aliphatic heterocycles. The summed E-state index contributed by atoms with van der Waals surface area (Å²) >= 11 is 5.15. The first-order chi connectivity index (χ1) is 10.0. The van der Waals surface area contributed by atoms with Gasteiger partial charge in [-0.25, -0.2) is 0 Å². The van der Waals surface area contributed by atoms with E-state index in [9.17, 15) is 4.79 Å². The fourth-order valence-corrected chi connectivity index (χ4v) is 3.68. The Labute approximate surface area is 138 Å². The van der Waals surface area contributed by atoms with E-state index in [1.54, 1.807) is 11.3 Å². The van der Waals surface area contributed by atoms with Gasteiger partial charge in [0.1, 0.15) is 0 Å². The van der Waals surface area contributed by atoms with Crippen molar-refractivity contribution in [3.8, 4) is 0 Å². The summed E-state index contributed by atoms with van der Waals surface area (Å²) in [4.78, 5) is 15.3. The molecule has 1 atom stereocenters. The molecule has 0 aliphatic rings. The summed E-state index contributed by atoms with van der Waals surface area (Å²) in [5, 5.41) is 3.03. The van der Waals surface area contributed by atoms with Crippen LogP contribution in [0.5, 0.6) is 0 Å². The summed E-state index contributed by atoms with van der Waals surface area (Å²) < 4.78 is 1.12. The van der Waals surface area contributed by atoms with E-state index < -0.39 is 0 Å². The van der Waals surface area contributed by atoms with Crippen molar-refractivity contribution in [2.24, 2.45) is 0 Å². The van der Waals surface area contributed by atoms with Gasteiger partial charge in [0, 0.05) is 11.4 Å². The number of benzene rings is 1. The van der Waals surface area contributed by atoms with E-state index in [4.69, 9.17) is 0 Å². The van der Waals surface area contributed by atoms with Crippen LogP contribution < -0.4 is 5.32 Å². The molecule has 0 aliphatic carbocycles. The van der Waals surface area contributed by atoms with Crippen LogP contribution in [0, 0.1) is 0 Å². The number of amides is 1. The zero-order valence-corrected chi connectivity index (χ0v) is 14.6. The average Bonchev–Trinajstić information content (AvgIpc) is 2.84. The highest BCUT2D eigenvalue weighted by Crippen LogP contribution is 2.22. The number of thiophene rings is 1. The zero-order valence-electron chi connectivity index (χ0n) is 12.2. The van der Waals surface area contributed by atoms with E-state index in [1.807, 2.05) is 55.3 Å². The van der Waals surface area contributed by atoms with E-state index in [1.165, 1.54) is 4.88 Å². The van der Waals surface area contributed by atoms with Gasteiger partial charge in [0.15, 0.2) is 0 Å². The number of nitrogens with one attached hydrogen (secondary N) is 1. The maximum atomic E-state index is 12.1. The second-order valence-corrected chi connectivity index (χ2v) is 7.63. The number of nitrogens with zero attached hydrogens (tertiary/aromatic N) is 1. The lowest BCUT2D eigenvalue weighted by Gasteiger charge is -2.18. The standard InChI is InChI=1S/C16H19BrN2OS/c1-12(13-6-4-3-5-7-13)18-16(20)11-19(2)10-14-8-9-15(17)21-14/h3-9,12H,10-11H2,1-2H3,(H,18,20)/t12-/m1/s1. The summed E-state index contributed by atoms with van der Waals surface area (Å²) in [6.07, 6.45) is 0. The van der Waals surface area contributed by atoms with E-state index in [0.717, 1.165) is 15.9 Å². The van der Waals surface area contributed by atoms with Crippen molar-refractivity contribution in [2.75, 3.05) is 13.6 Å². The van der Waals surface area contributed by atoms with Gasteiger partial charge < -0.3 is 5.32 Å². The van der Waals surface area contributed by atoms with Gasteiger partial charge in [0.05, 0.1) is 16.4 Å². The van der Waals surface area contributed by atoms with Crippen LogP contribution in [0.25, 0.3) is 0 Å². The van der Waals surface area contributed by atoms with Crippen LogP contribution in [-0.2, 0) is 11.3 Å². The van der Waals surface area contributed by atoms with Crippen LogP contribution in [0.3, 0.4) is 0 Å². The van der Waals surface area contributed by atoms with Crippen LogP contribution in [0.15, 0.2) is 46.3 Å². The first kappa shape index (κ1) is 16.2. The van der Waals surface area contributed by atoms with Crippen molar-refractivity contribution in [3.05, 3.63) is 56.7 Å². The molecule has 0 spiro atoms. The summed E-state index contributed by atoms with van der Waals surface area (Å²) in [6, 6.07) is 14.1. The van der Waals surface area contributed by atoms with E-state index >= 15 is 0 Å². The van der Waals surface area contributed by atoms with E-state index in [-0.39, 0.29) is 11.9 Å². The third kappa shape index (κ3) is 5.26. The number of hydrogen-bond donors (Lipinski definition) is 1. The quantitative estimate of drug-likeness (QED) is 0.842. The van der Waals surface area contributed by atoms with Crippen LogP contribution in [-0.4, -0.2) is 24.4 Å². The lowest BCUT2D eigenvalue weighted by molar-refractivity contribution is -0.122. The fraction of sp³-hybridized carbons (Fsp3) is 0.312. The molecule has 0 fully saturated rings. The molecule has 2 rings (SSSR count). The lowest BCUT2D eigenvalue weighted by Crippen LogP contribution is -2.36. The number of hydrogen-bond acceptors (Lipinski definition) is 3. The molecule has 1 aromatic carbocycles. The predicted molar refractivity (Wildman–Crippen MR) is 91.4 cm³/mol. The van der Waals surface area contributed by atoms with Crippen LogP contribution in [0.4, 0.5) is 0 Å². The highest BCUT2D eigenvalue weighted by Gasteiger charge is 2.12. The molecule has 3 nitrogen and oxygen atoms in total. The summed E-state index contributed by atoms with van der Waals surface area (Å²) in [7, 11) is 1.96. The summed E-state index contributed by atoms with van der Waals surface area (Å²) in [5.74, 6) is 0.0458. The molecule has 1 heterocycles. The minimum Gasteiger partial charge on any atom is -0.348 e. The van der Waals surface area contributed by atoms with Gasteiger partial charge in [-0.3, -0.25) is 9.69 Å². The maximum Gasteiger partial charge on any atom is 0.234 e. The second kappa shape index (κ2) is 7.73. The van der Waals surface area contributed by atoms with E-state index in [0.29, 0.717) is 6.54 Å². The van der Waals surface area contributed by atoms with Crippen molar-refractivity contribution in [2.45, 2.75) is 19.5 Å². The molecule has 0 bridgehead atoms. The Morgan fingerprint density at radius 2 is 2.00 bits per heavy atom. The molecule has 0 saturated heterocycles. The minimum atomic E-state index is 0.0305. The molecule has 1 aromatic heterocycles. The Hall–Kier alpha value is -1.17. The van der Waals surface area contributed by atoms with Crippen LogP contribution in [0.2, 0.25) is 0 Å². The SMILES string of the molecule is C[C@@H](NC(=O)CN(C)Cc1ccc(Br)s1)c1ccccc1. The molecule has 0 saturated carbocycles. The molecule has 21 heavy (non-hydrogen) atoms. The Morgan fingerprint density at radius 3 is 2.62 bits per heavy atom. The van der Waals surface area contributed by atoms with Gasteiger partial charge in [-0.1, -0.05) is 30.3 Å². The maximum absolute atomic E-state index is 12.1. The first-order valence-electron chi connectivity index (χ1n) is 6.81. The average molecular weight is 367 g/mol. The van der Waals surface area contributed by atoms with Crippen molar-refractivity contribution < 1.29 is 4.79 Å². The molecule has 112 valence electrons. The van der Waals surface area contributed by atoms with E-state index in [2.05, 4.69) is 27.3 Å². The molecule has 1 amide bonds. The topological polar surface area (TPSA) is 32.3 Å². The smallest absolute Gasteiger partial charge is 0.234 e. The Balaban J connectivity index is 1.81. The highest BCUT2D eigenvalue weighted by molar-refractivity contribution is 9.11. The number of carbonyl (C=O) groups excluding carboxylic acids is 1. The number of halogens is 1. The van der Waals surface area contributed by atoms with Gasteiger partial charge in [-0.15, -0.1) is 11.3 Å². The molecule has 1 N–H and O–H groups in total. The Kier molecular flexibility index (Phi) is 5.96. The predicted octanol–water partition coefficient (Wildman–Crippen LogP) is 3.82. The summed E-state index contributed by atoms with van der Waals surface area (Å²) in [5.41, 5.74) is 1.12. The van der Waals surface area contributed by atoms with Gasteiger partial charge in [-0.2, -0.15) is 0 Å². The second-order valence-electron chi connectivity index (χ2n) is 5.08. The molecule has 5 heteroatoms. The van der Waals surface area contributed by atoms with Crippen molar-refractivity contribution in [3.63, 3.8) is 0 Å². The summed E-state index contributed by atoms with van der Waals surface area (Å²) in [6.45, 7) is 3.18. The molecular formula is C16H19BrN2OS. The molecule has 0 unspecified atom stereocenters. The first-order valence-corrected chi connectivity index (χ1v) is 8.42. The fourth-order valence-electron chi connectivity index (χ4n) is 2.12.